The van der Waals surface area contributed by atoms with E-state index in [4.69, 9.17) is 22.1 Å². The van der Waals surface area contributed by atoms with Gasteiger partial charge in [-0.3, -0.25) is 0 Å². The zero-order chi connectivity index (χ0) is 20.3. The fraction of sp³-hybridized carbons (Fsp3) is 0.190. The largest absolute Gasteiger partial charge is 0.439 e. The van der Waals surface area contributed by atoms with E-state index in [1.165, 1.54) is 0 Å². The van der Waals surface area contributed by atoms with Gasteiger partial charge in [0.2, 0.25) is 5.88 Å². The number of allylic oxidation sites excluding steroid dienone is 2. The fourth-order valence-electron chi connectivity index (χ4n) is 3.22. The molecule has 28 heavy (non-hydrogen) atoms. The molecule has 144 valence electrons. The van der Waals surface area contributed by atoms with Crippen molar-refractivity contribution in [3.8, 4) is 6.07 Å². The van der Waals surface area contributed by atoms with Crippen LogP contribution in [0.15, 0.2) is 71.0 Å². The lowest BCUT2D eigenvalue weighted by atomic mass is 9.87. The maximum atomic E-state index is 13.0. The van der Waals surface area contributed by atoms with Crippen LogP contribution in [0.2, 0.25) is 5.02 Å². The van der Waals surface area contributed by atoms with Crippen LogP contribution >= 0.6 is 11.6 Å². The highest BCUT2D eigenvalue weighted by Gasteiger charge is 2.39. The first-order valence-electron chi connectivity index (χ1n) is 8.74. The van der Waals surface area contributed by atoms with E-state index in [0.717, 1.165) is 0 Å². The summed E-state index contributed by atoms with van der Waals surface area (Å²) in [6.07, 6.45) is 0.420. The molecule has 2 aromatic carbocycles. The van der Waals surface area contributed by atoms with Gasteiger partial charge in [-0.15, -0.1) is 0 Å². The Morgan fingerprint density at radius 1 is 1.14 bits per heavy atom. The molecule has 1 atom stereocenters. The van der Waals surface area contributed by atoms with Gasteiger partial charge in [0, 0.05) is 10.6 Å². The summed E-state index contributed by atoms with van der Waals surface area (Å²) < 4.78 is 31.7. The first-order chi connectivity index (χ1) is 13.4. The smallest absolute Gasteiger partial charge is 0.206 e. The molecule has 0 radical (unpaired) electrons. The molecule has 1 aliphatic heterocycles. The minimum Gasteiger partial charge on any atom is -0.439 e. The number of halogens is 1. The Balaban J connectivity index is 2.28. The van der Waals surface area contributed by atoms with Crippen LogP contribution in [0.5, 0.6) is 0 Å². The van der Waals surface area contributed by atoms with Crippen molar-refractivity contribution >= 4 is 27.2 Å². The first kappa shape index (κ1) is 20.0. The van der Waals surface area contributed by atoms with Gasteiger partial charge in [-0.2, -0.15) is 5.26 Å². The molecule has 0 saturated heterocycles. The summed E-state index contributed by atoms with van der Waals surface area (Å²) in [4.78, 5) is -0.0760. The maximum absolute atomic E-state index is 13.0. The Kier molecular flexibility index (Phi) is 5.78. The zero-order valence-corrected chi connectivity index (χ0v) is 16.8. The molecule has 3 rings (SSSR count). The standard InChI is InChI=1S/C21H19ClN2O3S/c1-2-12-28(25,26)20-18(14-8-10-16(22)11-9-14)17(13-23)19(27-21(20)24)15-6-4-3-5-7-15/h3-11,18H,2,12,24H2,1H3/t18-/m1/s1. The molecule has 2 N–H and O–H groups in total. The van der Waals surface area contributed by atoms with E-state index in [9.17, 15) is 13.7 Å². The van der Waals surface area contributed by atoms with Gasteiger partial charge < -0.3 is 10.5 Å². The van der Waals surface area contributed by atoms with Gasteiger partial charge in [0.1, 0.15) is 4.91 Å². The minimum atomic E-state index is -3.73. The lowest BCUT2D eigenvalue weighted by molar-refractivity contribution is 0.358. The highest BCUT2D eigenvalue weighted by molar-refractivity contribution is 7.95. The van der Waals surface area contributed by atoms with Gasteiger partial charge in [-0.1, -0.05) is 61.0 Å². The van der Waals surface area contributed by atoms with Gasteiger partial charge in [-0.25, -0.2) is 8.42 Å². The van der Waals surface area contributed by atoms with Crippen molar-refractivity contribution in [3.05, 3.63) is 87.1 Å². The van der Waals surface area contributed by atoms with Crippen LogP contribution in [0.25, 0.3) is 5.76 Å². The van der Waals surface area contributed by atoms with Gasteiger partial charge in [0.25, 0.3) is 0 Å². The molecule has 0 amide bonds. The number of nitriles is 1. The molecule has 0 bridgehead atoms. The summed E-state index contributed by atoms with van der Waals surface area (Å²) in [7, 11) is -3.73. The second-order valence-electron chi connectivity index (χ2n) is 6.35. The van der Waals surface area contributed by atoms with Gasteiger partial charge >= 0.3 is 0 Å². The van der Waals surface area contributed by atoms with Crippen LogP contribution in [0, 0.1) is 11.3 Å². The number of hydrogen-bond donors (Lipinski definition) is 1. The Bertz CT molecular complexity index is 1080. The summed E-state index contributed by atoms with van der Waals surface area (Å²) in [6, 6.07) is 17.9. The van der Waals surface area contributed by atoms with Crippen molar-refractivity contribution in [3.63, 3.8) is 0 Å². The van der Waals surface area contributed by atoms with E-state index in [1.807, 2.05) is 6.07 Å². The van der Waals surface area contributed by atoms with Crippen LogP contribution in [-0.4, -0.2) is 14.2 Å². The SMILES string of the molecule is CCCS(=O)(=O)C1=C(N)OC(c2ccccc2)=C(C#N)[C@H]1c1ccc(Cl)cc1. The molecular formula is C21H19ClN2O3S. The Hall–Kier alpha value is -2.75. The molecule has 0 aromatic heterocycles. The monoisotopic (exact) mass is 414 g/mol. The number of nitrogens with two attached hydrogens (primary N) is 1. The summed E-state index contributed by atoms with van der Waals surface area (Å²) >= 11 is 5.99. The van der Waals surface area contributed by atoms with Gasteiger partial charge in [0.05, 0.1) is 23.3 Å². The van der Waals surface area contributed by atoms with E-state index in [2.05, 4.69) is 6.07 Å². The molecule has 1 heterocycles. The van der Waals surface area contributed by atoms with Gasteiger partial charge in [0.15, 0.2) is 15.6 Å². The molecule has 0 saturated carbocycles. The molecule has 7 heteroatoms. The van der Waals surface area contributed by atoms with Crippen LogP contribution < -0.4 is 5.73 Å². The number of hydrogen-bond acceptors (Lipinski definition) is 5. The summed E-state index contributed by atoms with van der Waals surface area (Å²) in [5.41, 5.74) is 7.55. The second-order valence-corrected chi connectivity index (χ2v) is 8.87. The molecule has 0 unspecified atom stereocenters. The lowest BCUT2D eigenvalue weighted by Crippen LogP contribution is -2.26. The van der Waals surface area contributed by atoms with Crippen LogP contribution in [0.1, 0.15) is 30.4 Å². The lowest BCUT2D eigenvalue weighted by Gasteiger charge is -2.29. The molecular weight excluding hydrogens is 396 g/mol. The third kappa shape index (κ3) is 3.77. The molecule has 0 aliphatic carbocycles. The predicted molar refractivity (Wildman–Crippen MR) is 110 cm³/mol. The third-order valence-electron chi connectivity index (χ3n) is 4.42. The molecule has 5 nitrogen and oxygen atoms in total. The van der Waals surface area contributed by atoms with Crippen molar-refractivity contribution in [1.82, 2.24) is 0 Å². The summed E-state index contributed by atoms with van der Waals surface area (Å²) in [5.74, 6) is -0.888. The molecule has 0 fully saturated rings. The zero-order valence-electron chi connectivity index (χ0n) is 15.2. The number of sulfone groups is 1. The van der Waals surface area contributed by atoms with Crippen molar-refractivity contribution < 1.29 is 13.2 Å². The minimum absolute atomic E-state index is 0.0760. The number of nitrogens with zero attached hydrogens (tertiary/aromatic N) is 1. The average molecular weight is 415 g/mol. The molecule has 1 aliphatic rings. The Morgan fingerprint density at radius 2 is 1.79 bits per heavy atom. The summed E-state index contributed by atoms with van der Waals surface area (Å²) in [6.45, 7) is 1.77. The topological polar surface area (TPSA) is 93.2 Å². The summed E-state index contributed by atoms with van der Waals surface area (Å²) in [5, 5.41) is 10.4. The number of rotatable bonds is 5. The Labute approximate surface area is 169 Å². The predicted octanol–water partition coefficient (Wildman–Crippen LogP) is 4.34. The van der Waals surface area contributed by atoms with Crippen molar-refractivity contribution in [2.45, 2.75) is 19.3 Å². The molecule has 0 spiro atoms. The third-order valence-corrected chi connectivity index (χ3v) is 6.72. The van der Waals surface area contributed by atoms with E-state index in [1.54, 1.807) is 55.5 Å². The number of benzene rings is 2. The fourth-order valence-corrected chi connectivity index (χ4v) is 5.07. The number of ether oxygens (including phenoxy) is 1. The normalized spacial score (nSPS) is 17.2. The van der Waals surface area contributed by atoms with Crippen LogP contribution in [0.3, 0.4) is 0 Å². The highest BCUT2D eigenvalue weighted by Crippen LogP contribution is 2.44. The quantitative estimate of drug-likeness (QED) is 0.785. The van der Waals surface area contributed by atoms with Crippen LogP contribution in [-0.2, 0) is 14.6 Å². The van der Waals surface area contributed by atoms with Crippen LogP contribution in [0.4, 0.5) is 0 Å². The van der Waals surface area contributed by atoms with E-state index in [0.29, 0.717) is 22.6 Å². The van der Waals surface area contributed by atoms with Gasteiger partial charge in [-0.05, 0) is 24.1 Å². The van der Waals surface area contributed by atoms with Crippen molar-refractivity contribution in [1.29, 1.82) is 5.26 Å². The Morgan fingerprint density at radius 3 is 2.36 bits per heavy atom. The van der Waals surface area contributed by atoms with Crippen molar-refractivity contribution in [2.24, 2.45) is 5.73 Å². The van der Waals surface area contributed by atoms with E-state index >= 15 is 0 Å². The average Bonchev–Trinajstić information content (AvgIpc) is 2.68. The molecule has 2 aromatic rings. The first-order valence-corrected chi connectivity index (χ1v) is 10.8. The second kappa shape index (κ2) is 8.09. The van der Waals surface area contributed by atoms with E-state index in [-0.39, 0.29) is 27.9 Å². The van der Waals surface area contributed by atoms with Crippen molar-refractivity contribution in [2.75, 3.05) is 5.75 Å². The van der Waals surface area contributed by atoms with E-state index < -0.39 is 15.8 Å². The highest BCUT2D eigenvalue weighted by atomic mass is 35.5. The maximum Gasteiger partial charge on any atom is 0.206 e.